The summed E-state index contributed by atoms with van der Waals surface area (Å²) in [6, 6.07) is 6.79. The van der Waals surface area contributed by atoms with Crippen molar-refractivity contribution in [2.45, 2.75) is 106 Å². The highest BCUT2D eigenvalue weighted by molar-refractivity contribution is 5.88. The van der Waals surface area contributed by atoms with Crippen molar-refractivity contribution < 1.29 is 14.6 Å². The van der Waals surface area contributed by atoms with Gasteiger partial charge in [-0.1, -0.05) is 32.0 Å². The number of fused-ring (bicyclic) bond motifs is 1. The van der Waals surface area contributed by atoms with Crippen LogP contribution in [0.5, 0.6) is 0 Å². The summed E-state index contributed by atoms with van der Waals surface area (Å²) in [6.07, 6.45) is 6.06. The first-order chi connectivity index (χ1) is 20.2. The van der Waals surface area contributed by atoms with Gasteiger partial charge in [-0.05, 0) is 82.9 Å². The van der Waals surface area contributed by atoms with Gasteiger partial charge in [-0.25, -0.2) is 4.79 Å². The summed E-state index contributed by atoms with van der Waals surface area (Å²) in [4.78, 5) is 22.6. The summed E-state index contributed by atoms with van der Waals surface area (Å²) < 4.78 is 8.23. The lowest BCUT2D eigenvalue weighted by Crippen LogP contribution is -2.39. The number of hydrogen-bond acceptors (Lipinski definition) is 6. The molecule has 1 saturated heterocycles. The van der Waals surface area contributed by atoms with Gasteiger partial charge in [0.2, 0.25) is 0 Å². The van der Waals surface area contributed by atoms with Crippen LogP contribution in [-0.4, -0.2) is 56.0 Å². The van der Waals surface area contributed by atoms with E-state index in [2.05, 4.69) is 67.0 Å². The maximum Gasteiger partial charge on any atom is 0.337 e. The van der Waals surface area contributed by atoms with Crippen LogP contribution in [0.2, 0.25) is 0 Å². The van der Waals surface area contributed by atoms with Gasteiger partial charge in [-0.2, -0.15) is 5.10 Å². The Morgan fingerprint density at radius 3 is 2.44 bits per heavy atom. The van der Waals surface area contributed by atoms with E-state index in [1.807, 2.05) is 38.6 Å². The lowest BCUT2D eigenvalue weighted by molar-refractivity contribution is -0.160. The number of rotatable bonds is 8. The van der Waals surface area contributed by atoms with E-state index in [4.69, 9.17) is 9.72 Å². The third-order valence-corrected chi connectivity index (χ3v) is 8.97. The number of piperidine rings is 1. The molecule has 0 spiro atoms. The maximum atomic E-state index is 12.8. The van der Waals surface area contributed by atoms with E-state index in [9.17, 15) is 9.90 Å². The van der Waals surface area contributed by atoms with Crippen molar-refractivity contribution >= 4 is 11.7 Å². The van der Waals surface area contributed by atoms with Crippen molar-refractivity contribution in [3.8, 4) is 11.1 Å². The Morgan fingerprint density at radius 2 is 1.81 bits per heavy atom. The van der Waals surface area contributed by atoms with Crippen molar-refractivity contribution in [2.24, 2.45) is 5.41 Å². The van der Waals surface area contributed by atoms with Gasteiger partial charge in [0, 0.05) is 73.5 Å². The Hall–Kier alpha value is -3.23. The van der Waals surface area contributed by atoms with E-state index < -0.39 is 17.7 Å². The molecule has 3 aromatic rings. The number of benzene rings is 1. The van der Waals surface area contributed by atoms with Gasteiger partial charge in [-0.3, -0.25) is 14.6 Å². The zero-order valence-electron chi connectivity index (χ0n) is 27.3. The van der Waals surface area contributed by atoms with Crippen LogP contribution in [0.1, 0.15) is 94.1 Å². The second kappa shape index (κ2) is 12.0. The highest BCUT2D eigenvalue weighted by atomic mass is 16.5. The van der Waals surface area contributed by atoms with Crippen LogP contribution in [0, 0.1) is 19.3 Å². The molecule has 0 amide bonds. The molecule has 1 aromatic carbocycles. The fourth-order valence-corrected chi connectivity index (χ4v) is 6.58. The minimum absolute atomic E-state index is 0.259. The average molecular weight is 588 g/mol. The molecule has 0 bridgehead atoms. The summed E-state index contributed by atoms with van der Waals surface area (Å²) in [6.45, 7) is 21.9. The maximum absolute atomic E-state index is 12.8. The fourth-order valence-electron chi connectivity index (χ4n) is 6.58. The molecule has 0 radical (unpaired) electrons. The predicted octanol–water partition coefficient (Wildman–Crippen LogP) is 6.71. The van der Waals surface area contributed by atoms with Crippen molar-refractivity contribution in [3.63, 3.8) is 0 Å². The van der Waals surface area contributed by atoms with Gasteiger partial charge in [0.05, 0.1) is 17.5 Å². The van der Waals surface area contributed by atoms with Gasteiger partial charge in [0.15, 0.2) is 6.10 Å². The first kappa shape index (κ1) is 31.2. The van der Waals surface area contributed by atoms with Crippen molar-refractivity contribution in [3.05, 3.63) is 64.2 Å². The molecular weight excluding hydrogens is 538 g/mol. The second-order valence-electron chi connectivity index (χ2n) is 14.2. The summed E-state index contributed by atoms with van der Waals surface area (Å²) in [5.41, 5.74) is 9.00. The van der Waals surface area contributed by atoms with Crippen LogP contribution in [0.25, 0.3) is 11.1 Å². The van der Waals surface area contributed by atoms with Crippen molar-refractivity contribution in [1.29, 1.82) is 0 Å². The molecule has 8 heteroatoms. The molecule has 1 N–H and O–H groups in total. The Balaban J connectivity index is 1.56. The number of aromatic nitrogens is 3. The normalized spacial score (nSPS) is 18.0. The van der Waals surface area contributed by atoms with Gasteiger partial charge < -0.3 is 14.7 Å². The fraction of sp³-hybridized carbons (Fsp3) is 0.571. The number of aryl methyl sites for hydroxylation is 3. The molecule has 4 heterocycles. The first-order valence-corrected chi connectivity index (χ1v) is 15.8. The van der Waals surface area contributed by atoms with E-state index in [-0.39, 0.29) is 5.41 Å². The Labute approximate surface area is 257 Å². The predicted molar refractivity (Wildman–Crippen MR) is 171 cm³/mol. The van der Waals surface area contributed by atoms with Crippen molar-refractivity contribution in [2.75, 3.05) is 24.5 Å². The standard InChI is InChI=1S/C35H49N5O3/c1-9-40-21-25(19-36-40)20-38-15-12-26-18-27(10-11-28(26)22-38)29-23(2)37-24(3)30(32(33(41)42)43-34(4,5)6)31(29)39-16-13-35(7,8)14-17-39/h10-11,18-19,21,32H,9,12-17,20,22H2,1-8H3,(H,41,42). The average Bonchev–Trinajstić information content (AvgIpc) is 3.38. The molecule has 0 aliphatic carbocycles. The number of aliphatic carboxylic acids is 1. The molecule has 8 nitrogen and oxygen atoms in total. The highest BCUT2D eigenvalue weighted by Crippen LogP contribution is 2.45. The van der Waals surface area contributed by atoms with Crippen LogP contribution in [0.3, 0.4) is 0 Å². The molecular formula is C35H49N5O3. The van der Waals surface area contributed by atoms with Crippen LogP contribution in [-0.2, 0) is 35.6 Å². The van der Waals surface area contributed by atoms with E-state index in [0.717, 1.165) is 86.7 Å². The van der Waals surface area contributed by atoms with Crippen LogP contribution in [0.15, 0.2) is 30.6 Å². The number of anilines is 1. The summed E-state index contributed by atoms with van der Waals surface area (Å²) in [5.74, 6) is -0.983. The minimum atomic E-state index is -1.11. The molecule has 2 aromatic heterocycles. The zero-order valence-corrected chi connectivity index (χ0v) is 27.3. The van der Waals surface area contributed by atoms with E-state index in [1.54, 1.807) is 0 Å². The molecule has 2 aliphatic rings. The summed E-state index contributed by atoms with van der Waals surface area (Å²) in [7, 11) is 0. The molecule has 43 heavy (non-hydrogen) atoms. The summed E-state index contributed by atoms with van der Waals surface area (Å²) >= 11 is 0. The SMILES string of the molecule is CCn1cc(CN2CCc3cc(-c4c(C)nc(C)c(C(OC(C)(C)C)C(=O)O)c4N4CCC(C)(C)CC4)ccc3C2)cn1. The topological polar surface area (TPSA) is 83.7 Å². The number of pyridine rings is 1. The van der Waals surface area contributed by atoms with Gasteiger partial charge in [0.1, 0.15) is 0 Å². The van der Waals surface area contributed by atoms with E-state index in [0.29, 0.717) is 5.56 Å². The quantitative estimate of drug-likeness (QED) is 0.314. The lowest BCUT2D eigenvalue weighted by atomic mass is 9.81. The van der Waals surface area contributed by atoms with Crippen molar-refractivity contribution in [1.82, 2.24) is 19.7 Å². The Morgan fingerprint density at radius 1 is 1.09 bits per heavy atom. The van der Waals surface area contributed by atoms with Gasteiger partial charge in [0.25, 0.3) is 0 Å². The molecule has 232 valence electrons. The zero-order chi connectivity index (χ0) is 31.1. The number of carboxylic acid groups (broad SMARTS) is 1. The molecule has 1 unspecified atom stereocenters. The van der Waals surface area contributed by atoms with Crippen LogP contribution < -0.4 is 4.90 Å². The largest absolute Gasteiger partial charge is 0.479 e. The first-order valence-electron chi connectivity index (χ1n) is 15.8. The lowest BCUT2D eigenvalue weighted by Gasteiger charge is -2.41. The number of nitrogens with zero attached hydrogens (tertiary/aromatic N) is 5. The minimum Gasteiger partial charge on any atom is -0.479 e. The van der Waals surface area contributed by atoms with Gasteiger partial charge in [-0.15, -0.1) is 0 Å². The number of carboxylic acids is 1. The number of ether oxygens (including phenoxy) is 1. The highest BCUT2D eigenvalue weighted by Gasteiger charge is 2.36. The molecule has 2 aliphatic heterocycles. The molecule has 0 saturated carbocycles. The Bertz CT molecular complexity index is 1480. The number of carbonyl (C=O) groups is 1. The molecule has 1 fully saturated rings. The summed E-state index contributed by atoms with van der Waals surface area (Å²) in [5, 5.41) is 14.9. The van der Waals surface area contributed by atoms with Crippen LogP contribution >= 0.6 is 0 Å². The van der Waals surface area contributed by atoms with E-state index >= 15 is 0 Å². The third kappa shape index (κ3) is 6.96. The van der Waals surface area contributed by atoms with Gasteiger partial charge >= 0.3 is 5.97 Å². The molecule has 5 rings (SSSR count). The Kier molecular flexibility index (Phi) is 8.74. The molecule has 1 atom stereocenters. The monoisotopic (exact) mass is 587 g/mol. The third-order valence-electron chi connectivity index (χ3n) is 8.97. The second-order valence-corrected chi connectivity index (χ2v) is 14.2. The smallest absolute Gasteiger partial charge is 0.337 e. The van der Waals surface area contributed by atoms with E-state index in [1.165, 1.54) is 16.7 Å². The van der Waals surface area contributed by atoms with Crippen LogP contribution in [0.4, 0.5) is 5.69 Å². The number of hydrogen-bond donors (Lipinski definition) is 1.